The molecule has 0 saturated heterocycles. The van der Waals surface area contributed by atoms with Crippen LogP contribution in [0.2, 0.25) is 5.02 Å². The van der Waals surface area contributed by atoms with E-state index in [0.29, 0.717) is 17.6 Å². The smallest absolute Gasteiger partial charge is 0.188 e. The number of hydrogen-bond acceptors (Lipinski definition) is 2. The van der Waals surface area contributed by atoms with E-state index in [1.165, 1.54) is 31.0 Å². The van der Waals surface area contributed by atoms with E-state index in [4.69, 9.17) is 17.3 Å². The molecule has 0 radical (unpaired) electrons. The first-order valence-corrected chi connectivity index (χ1v) is 7.13. The summed E-state index contributed by atoms with van der Waals surface area (Å²) in [7, 11) is 0. The second-order valence-electron chi connectivity index (χ2n) is 5.07. The minimum atomic E-state index is -0.924. The number of nitrogens with one attached hydrogen (secondary N) is 1. The highest BCUT2D eigenvalue weighted by Gasteiger charge is 2.15. The van der Waals surface area contributed by atoms with Gasteiger partial charge in [0.25, 0.3) is 0 Å². The Bertz CT molecular complexity index is 469. The van der Waals surface area contributed by atoms with Crippen LogP contribution in [0.15, 0.2) is 23.2 Å². The van der Waals surface area contributed by atoms with E-state index < -0.39 is 11.9 Å². The van der Waals surface area contributed by atoms with Crippen molar-refractivity contribution in [3.8, 4) is 0 Å². The Morgan fingerprint density at radius 3 is 2.80 bits per heavy atom. The Kier molecular flexibility index (Phi) is 5.20. The maximum absolute atomic E-state index is 13.2. The number of hydrogen-bond donors (Lipinski definition) is 3. The normalized spacial score (nSPS) is 18.2. The fourth-order valence-electron chi connectivity index (χ4n) is 2.38. The molecule has 1 aliphatic carbocycles. The average molecular weight is 300 g/mol. The molecule has 0 aliphatic heterocycles. The second kappa shape index (κ2) is 6.90. The molecule has 1 aromatic carbocycles. The molecule has 1 saturated carbocycles. The van der Waals surface area contributed by atoms with E-state index in [1.54, 1.807) is 0 Å². The van der Waals surface area contributed by atoms with E-state index in [-0.39, 0.29) is 11.6 Å². The van der Waals surface area contributed by atoms with Crippen molar-refractivity contribution in [3.05, 3.63) is 34.6 Å². The molecule has 4 N–H and O–H groups in total. The van der Waals surface area contributed by atoms with Gasteiger partial charge in [-0.3, -0.25) is 4.99 Å². The van der Waals surface area contributed by atoms with Crippen molar-refractivity contribution < 1.29 is 9.50 Å². The summed E-state index contributed by atoms with van der Waals surface area (Å²) in [6.07, 6.45) is 3.67. The van der Waals surface area contributed by atoms with Crippen LogP contribution in [-0.4, -0.2) is 23.7 Å². The highest BCUT2D eigenvalue weighted by molar-refractivity contribution is 6.30. The van der Waals surface area contributed by atoms with Gasteiger partial charge >= 0.3 is 0 Å². The number of aliphatic hydroxyl groups is 1. The Balaban J connectivity index is 1.91. The molecule has 4 nitrogen and oxygen atoms in total. The molecular weight excluding hydrogens is 281 g/mol. The highest BCUT2D eigenvalue weighted by atomic mass is 35.5. The molecule has 0 aromatic heterocycles. The van der Waals surface area contributed by atoms with Gasteiger partial charge in [0.1, 0.15) is 5.82 Å². The van der Waals surface area contributed by atoms with Crippen molar-refractivity contribution in [1.29, 1.82) is 0 Å². The van der Waals surface area contributed by atoms with Crippen molar-refractivity contribution in [3.63, 3.8) is 0 Å². The van der Waals surface area contributed by atoms with Gasteiger partial charge in [0.15, 0.2) is 5.96 Å². The lowest BCUT2D eigenvalue weighted by Gasteiger charge is -2.14. The van der Waals surface area contributed by atoms with Crippen LogP contribution in [0.4, 0.5) is 4.39 Å². The molecule has 0 spiro atoms. The molecule has 0 bridgehead atoms. The maximum atomic E-state index is 13.2. The van der Waals surface area contributed by atoms with Gasteiger partial charge in [-0.15, -0.1) is 0 Å². The number of aliphatic hydroxyl groups excluding tert-OH is 1. The fraction of sp³-hybridized carbons (Fsp3) is 0.500. The van der Waals surface area contributed by atoms with Crippen molar-refractivity contribution in [2.24, 2.45) is 10.7 Å². The number of guanidine groups is 1. The number of aliphatic imine (C=N–C) groups is 1. The zero-order chi connectivity index (χ0) is 14.5. The third-order valence-electron chi connectivity index (χ3n) is 3.41. The van der Waals surface area contributed by atoms with Crippen LogP contribution in [0.5, 0.6) is 0 Å². The van der Waals surface area contributed by atoms with Crippen LogP contribution in [-0.2, 0) is 0 Å². The molecule has 2 rings (SSSR count). The zero-order valence-electron chi connectivity index (χ0n) is 11.1. The SMILES string of the molecule is NC(=NCC(O)c1cc(F)cc(Cl)c1)NC1CCCC1. The Hall–Kier alpha value is -1.33. The highest BCUT2D eigenvalue weighted by Crippen LogP contribution is 2.20. The van der Waals surface area contributed by atoms with Gasteiger partial charge in [-0.2, -0.15) is 0 Å². The lowest BCUT2D eigenvalue weighted by molar-refractivity contribution is 0.186. The molecule has 0 amide bonds. The summed E-state index contributed by atoms with van der Waals surface area (Å²) in [6.45, 7) is 0.0747. The van der Waals surface area contributed by atoms with Crippen LogP contribution in [0.25, 0.3) is 0 Å². The predicted molar refractivity (Wildman–Crippen MR) is 78.3 cm³/mol. The summed E-state index contributed by atoms with van der Waals surface area (Å²) in [4.78, 5) is 4.09. The average Bonchev–Trinajstić information content (AvgIpc) is 2.87. The molecule has 1 unspecified atom stereocenters. The number of nitrogens with zero attached hydrogens (tertiary/aromatic N) is 1. The van der Waals surface area contributed by atoms with Crippen LogP contribution in [0.3, 0.4) is 0 Å². The molecule has 1 atom stereocenters. The van der Waals surface area contributed by atoms with Gasteiger partial charge in [0.05, 0.1) is 12.6 Å². The lowest BCUT2D eigenvalue weighted by Crippen LogP contribution is -2.38. The molecule has 1 aromatic rings. The summed E-state index contributed by atoms with van der Waals surface area (Å²) >= 11 is 5.75. The Labute approximate surface area is 122 Å². The first-order valence-electron chi connectivity index (χ1n) is 6.75. The largest absolute Gasteiger partial charge is 0.386 e. The third kappa shape index (κ3) is 4.35. The molecular formula is C14H19ClFN3O. The topological polar surface area (TPSA) is 70.6 Å². The minimum absolute atomic E-state index is 0.0747. The van der Waals surface area contributed by atoms with E-state index in [9.17, 15) is 9.50 Å². The third-order valence-corrected chi connectivity index (χ3v) is 3.63. The number of rotatable bonds is 4. The molecule has 1 fully saturated rings. The van der Waals surface area contributed by atoms with Gasteiger partial charge in [0.2, 0.25) is 0 Å². The van der Waals surface area contributed by atoms with Gasteiger partial charge in [-0.1, -0.05) is 24.4 Å². The zero-order valence-corrected chi connectivity index (χ0v) is 11.9. The number of halogens is 2. The predicted octanol–water partition coefficient (Wildman–Crippen LogP) is 2.36. The first-order chi connectivity index (χ1) is 9.54. The van der Waals surface area contributed by atoms with E-state index >= 15 is 0 Å². The Morgan fingerprint density at radius 2 is 2.15 bits per heavy atom. The lowest BCUT2D eigenvalue weighted by atomic mass is 10.1. The van der Waals surface area contributed by atoms with E-state index in [2.05, 4.69) is 10.3 Å². The van der Waals surface area contributed by atoms with E-state index in [1.807, 2.05) is 0 Å². The van der Waals surface area contributed by atoms with Crippen LogP contribution in [0, 0.1) is 5.82 Å². The van der Waals surface area contributed by atoms with Crippen molar-refractivity contribution in [2.45, 2.75) is 37.8 Å². The van der Waals surface area contributed by atoms with Crippen molar-refractivity contribution >= 4 is 17.6 Å². The maximum Gasteiger partial charge on any atom is 0.188 e. The van der Waals surface area contributed by atoms with Crippen LogP contribution in [0.1, 0.15) is 37.4 Å². The second-order valence-corrected chi connectivity index (χ2v) is 5.51. The number of nitrogens with two attached hydrogens (primary N) is 1. The summed E-state index contributed by atoms with van der Waals surface area (Å²) in [5, 5.41) is 13.3. The van der Waals surface area contributed by atoms with Gasteiger partial charge in [-0.25, -0.2) is 4.39 Å². The van der Waals surface area contributed by atoms with Gasteiger partial charge in [-0.05, 0) is 36.6 Å². The fourth-order valence-corrected chi connectivity index (χ4v) is 2.61. The minimum Gasteiger partial charge on any atom is -0.386 e. The van der Waals surface area contributed by atoms with Crippen molar-refractivity contribution in [1.82, 2.24) is 5.32 Å². The van der Waals surface area contributed by atoms with Crippen molar-refractivity contribution in [2.75, 3.05) is 6.54 Å². The molecule has 0 heterocycles. The molecule has 20 heavy (non-hydrogen) atoms. The summed E-state index contributed by atoms with van der Waals surface area (Å²) in [5.74, 6) is -0.161. The quantitative estimate of drug-likeness (QED) is 0.590. The van der Waals surface area contributed by atoms with Gasteiger partial charge in [0, 0.05) is 11.1 Å². The first kappa shape index (κ1) is 15.1. The van der Waals surface area contributed by atoms with Gasteiger partial charge < -0.3 is 16.2 Å². The summed E-state index contributed by atoms with van der Waals surface area (Å²) in [6, 6.07) is 4.33. The van der Waals surface area contributed by atoms with Crippen LogP contribution < -0.4 is 11.1 Å². The molecule has 6 heteroatoms. The monoisotopic (exact) mass is 299 g/mol. The standard InChI is InChI=1S/C14H19ClFN3O/c15-10-5-9(6-11(16)7-10)13(20)8-18-14(17)19-12-3-1-2-4-12/h5-7,12-13,20H,1-4,8H2,(H3,17,18,19). The van der Waals surface area contributed by atoms with Crippen LogP contribution >= 0.6 is 11.6 Å². The molecule has 110 valence electrons. The van der Waals surface area contributed by atoms with E-state index in [0.717, 1.165) is 12.8 Å². The Morgan fingerprint density at radius 1 is 1.45 bits per heavy atom. The molecule has 1 aliphatic rings. The summed E-state index contributed by atoms with van der Waals surface area (Å²) in [5.41, 5.74) is 6.16. The summed E-state index contributed by atoms with van der Waals surface area (Å²) < 4.78 is 13.2. The number of benzene rings is 1.